The molecule has 1 heterocycles. The highest BCUT2D eigenvalue weighted by Crippen LogP contribution is 2.20. The van der Waals surface area contributed by atoms with Crippen molar-refractivity contribution >= 4 is 22.6 Å². The van der Waals surface area contributed by atoms with Gasteiger partial charge in [-0.3, -0.25) is 9.59 Å². The van der Waals surface area contributed by atoms with Gasteiger partial charge in [0.25, 0.3) is 11.7 Å². The largest absolute Gasteiger partial charge is 0.360 e. The van der Waals surface area contributed by atoms with E-state index in [9.17, 15) is 14.0 Å². The second kappa shape index (κ2) is 6.04. The molecule has 0 saturated heterocycles. The molecule has 1 aromatic heterocycles. The molecule has 0 bridgehead atoms. The van der Waals surface area contributed by atoms with Crippen LogP contribution in [0.25, 0.3) is 10.9 Å². The van der Waals surface area contributed by atoms with E-state index in [1.165, 1.54) is 29.3 Å². The second-order valence-electron chi connectivity index (χ2n) is 5.37. The van der Waals surface area contributed by atoms with Crippen molar-refractivity contribution in [2.75, 3.05) is 7.05 Å². The molecule has 0 fully saturated rings. The van der Waals surface area contributed by atoms with Crippen molar-refractivity contribution in [1.82, 2.24) is 9.88 Å². The predicted molar refractivity (Wildman–Crippen MR) is 85.5 cm³/mol. The highest BCUT2D eigenvalue weighted by molar-refractivity contribution is 6.44. The molecule has 3 aromatic rings. The fourth-order valence-electron chi connectivity index (χ4n) is 2.50. The standard InChI is InChI=1S/C18H15FN2O2/c1-21(11-12-5-3-2-4-6-12)18(23)17(22)15-10-20-16-9-13(19)7-8-14(15)16/h2-10,20H,11H2,1H3. The summed E-state index contributed by atoms with van der Waals surface area (Å²) in [5.74, 6) is -1.61. The Hall–Kier alpha value is -2.95. The van der Waals surface area contributed by atoms with E-state index in [0.717, 1.165) is 5.56 Å². The first kappa shape index (κ1) is 15.0. The lowest BCUT2D eigenvalue weighted by atomic mass is 10.1. The summed E-state index contributed by atoms with van der Waals surface area (Å²) < 4.78 is 13.2. The quantitative estimate of drug-likeness (QED) is 0.594. The van der Waals surface area contributed by atoms with Crippen molar-refractivity contribution in [3.63, 3.8) is 0 Å². The first-order valence-corrected chi connectivity index (χ1v) is 7.16. The number of halogens is 1. The van der Waals surface area contributed by atoms with Gasteiger partial charge in [0.05, 0.1) is 5.56 Å². The molecule has 0 spiro atoms. The Labute approximate surface area is 132 Å². The molecule has 1 amide bonds. The van der Waals surface area contributed by atoms with Crippen LogP contribution in [-0.2, 0) is 11.3 Å². The monoisotopic (exact) mass is 310 g/mol. The van der Waals surface area contributed by atoms with Gasteiger partial charge < -0.3 is 9.88 Å². The Bertz CT molecular complexity index is 871. The Morgan fingerprint density at radius 1 is 1.13 bits per heavy atom. The van der Waals surface area contributed by atoms with Crippen molar-refractivity contribution < 1.29 is 14.0 Å². The van der Waals surface area contributed by atoms with Gasteiger partial charge in [-0.2, -0.15) is 0 Å². The number of carbonyl (C=O) groups excluding carboxylic acids is 2. The predicted octanol–water partition coefficient (Wildman–Crippen LogP) is 3.15. The number of ketones is 1. The summed E-state index contributed by atoms with van der Waals surface area (Å²) in [7, 11) is 1.59. The molecule has 116 valence electrons. The van der Waals surface area contributed by atoms with E-state index in [1.807, 2.05) is 30.3 Å². The number of amides is 1. The highest BCUT2D eigenvalue weighted by atomic mass is 19.1. The van der Waals surface area contributed by atoms with Crippen molar-refractivity contribution in [2.24, 2.45) is 0 Å². The van der Waals surface area contributed by atoms with E-state index in [-0.39, 0.29) is 5.56 Å². The molecule has 23 heavy (non-hydrogen) atoms. The zero-order valence-corrected chi connectivity index (χ0v) is 12.5. The fourth-order valence-corrected chi connectivity index (χ4v) is 2.50. The van der Waals surface area contributed by atoms with Crippen LogP contribution < -0.4 is 0 Å². The lowest BCUT2D eigenvalue weighted by Crippen LogP contribution is -2.32. The molecule has 0 radical (unpaired) electrons. The van der Waals surface area contributed by atoms with E-state index in [0.29, 0.717) is 17.4 Å². The van der Waals surface area contributed by atoms with Crippen LogP contribution in [0, 0.1) is 5.82 Å². The van der Waals surface area contributed by atoms with Crippen molar-refractivity contribution in [3.05, 3.63) is 71.7 Å². The lowest BCUT2D eigenvalue weighted by molar-refractivity contribution is -0.125. The normalized spacial score (nSPS) is 10.7. The Morgan fingerprint density at radius 2 is 1.87 bits per heavy atom. The number of hydrogen-bond acceptors (Lipinski definition) is 2. The van der Waals surface area contributed by atoms with Crippen LogP contribution in [0.15, 0.2) is 54.7 Å². The molecule has 0 saturated carbocycles. The molecule has 2 aromatic carbocycles. The first-order chi connectivity index (χ1) is 11.1. The van der Waals surface area contributed by atoms with Crippen molar-refractivity contribution in [1.29, 1.82) is 0 Å². The van der Waals surface area contributed by atoms with Gasteiger partial charge >= 0.3 is 0 Å². The van der Waals surface area contributed by atoms with Crippen LogP contribution in [-0.4, -0.2) is 28.6 Å². The number of fused-ring (bicyclic) bond motifs is 1. The minimum absolute atomic E-state index is 0.255. The Morgan fingerprint density at radius 3 is 2.61 bits per heavy atom. The number of aromatic amines is 1. The van der Waals surface area contributed by atoms with E-state index in [1.54, 1.807) is 7.05 Å². The summed E-state index contributed by atoms with van der Waals surface area (Å²) in [4.78, 5) is 29.0. The maximum atomic E-state index is 13.2. The molecule has 0 aliphatic rings. The van der Waals surface area contributed by atoms with Gasteiger partial charge in [-0.1, -0.05) is 30.3 Å². The van der Waals surface area contributed by atoms with Crippen molar-refractivity contribution in [3.8, 4) is 0 Å². The summed E-state index contributed by atoms with van der Waals surface area (Å²) in [6.07, 6.45) is 1.45. The number of nitrogens with one attached hydrogen (secondary N) is 1. The smallest absolute Gasteiger partial charge is 0.295 e. The second-order valence-corrected chi connectivity index (χ2v) is 5.37. The number of benzene rings is 2. The lowest BCUT2D eigenvalue weighted by Gasteiger charge is -2.16. The summed E-state index contributed by atoms with van der Waals surface area (Å²) in [5, 5.41) is 0.540. The van der Waals surface area contributed by atoms with Crippen LogP contribution in [0.3, 0.4) is 0 Å². The third-order valence-electron chi connectivity index (χ3n) is 3.69. The van der Waals surface area contributed by atoms with E-state index in [2.05, 4.69) is 4.98 Å². The SMILES string of the molecule is CN(Cc1ccccc1)C(=O)C(=O)c1c[nH]c2cc(F)ccc12. The van der Waals surface area contributed by atoms with Gasteiger partial charge in [0.1, 0.15) is 5.82 Å². The molecule has 1 N–H and O–H groups in total. The number of carbonyl (C=O) groups is 2. The Balaban J connectivity index is 1.82. The van der Waals surface area contributed by atoms with Gasteiger partial charge in [0.15, 0.2) is 0 Å². The topological polar surface area (TPSA) is 53.2 Å². The number of nitrogens with zero attached hydrogens (tertiary/aromatic N) is 1. The van der Waals surface area contributed by atoms with Crippen LogP contribution >= 0.6 is 0 Å². The van der Waals surface area contributed by atoms with E-state index in [4.69, 9.17) is 0 Å². The zero-order chi connectivity index (χ0) is 16.4. The van der Waals surface area contributed by atoms with Crippen LogP contribution in [0.4, 0.5) is 4.39 Å². The molecular formula is C18H15FN2O2. The van der Waals surface area contributed by atoms with Gasteiger partial charge in [-0.05, 0) is 23.8 Å². The third kappa shape index (κ3) is 2.99. The molecular weight excluding hydrogens is 295 g/mol. The fraction of sp³-hybridized carbons (Fsp3) is 0.111. The van der Waals surface area contributed by atoms with Gasteiger partial charge in [0, 0.05) is 30.7 Å². The van der Waals surface area contributed by atoms with Crippen LogP contribution in [0.1, 0.15) is 15.9 Å². The minimum Gasteiger partial charge on any atom is -0.360 e. The number of hydrogen-bond donors (Lipinski definition) is 1. The molecule has 5 heteroatoms. The highest BCUT2D eigenvalue weighted by Gasteiger charge is 2.23. The summed E-state index contributed by atoms with van der Waals surface area (Å²) in [6.45, 7) is 0.350. The third-order valence-corrected chi connectivity index (χ3v) is 3.69. The first-order valence-electron chi connectivity index (χ1n) is 7.16. The molecule has 4 nitrogen and oxygen atoms in total. The number of likely N-dealkylation sites (N-methyl/N-ethyl adjacent to an activating group) is 1. The average Bonchev–Trinajstić information content (AvgIpc) is 2.97. The van der Waals surface area contributed by atoms with Crippen LogP contribution in [0.2, 0.25) is 0 Å². The number of Topliss-reactive ketones (excluding diaryl/α,β-unsaturated/α-hetero) is 1. The van der Waals surface area contributed by atoms with Gasteiger partial charge in [0.2, 0.25) is 0 Å². The van der Waals surface area contributed by atoms with Gasteiger partial charge in [-0.25, -0.2) is 4.39 Å². The molecule has 0 unspecified atom stereocenters. The molecule has 0 aliphatic heterocycles. The maximum Gasteiger partial charge on any atom is 0.295 e. The average molecular weight is 310 g/mol. The molecule has 0 aliphatic carbocycles. The minimum atomic E-state index is -0.610. The van der Waals surface area contributed by atoms with Crippen molar-refractivity contribution in [2.45, 2.75) is 6.54 Å². The summed E-state index contributed by atoms with van der Waals surface area (Å²) >= 11 is 0. The summed E-state index contributed by atoms with van der Waals surface area (Å²) in [6, 6.07) is 13.5. The van der Waals surface area contributed by atoms with Crippen LogP contribution in [0.5, 0.6) is 0 Å². The Kier molecular flexibility index (Phi) is 3.93. The zero-order valence-electron chi connectivity index (χ0n) is 12.5. The number of rotatable bonds is 4. The maximum absolute atomic E-state index is 13.2. The molecule has 0 atom stereocenters. The number of H-pyrrole nitrogens is 1. The van der Waals surface area contributed by atoms with Gasteiger partial charge in [-0.15, -0.1) is 0 Å². The van der Waals surface area contributed by atoms with E-state index < -0.39 is 17.5 Å². The number of aromatic nitrogens is 1. The summed E-state index contributed by atoms with van der Waals surface area (Å²) in [5.41, 5.74) is 1.69. The molecule has 3 rings (SSSR count). The van der Waals surface area contributed by atoms with E-state index >= 15 is 0 Å².